The number of likely N-dealkylation sites (tertiary alicyclic amines) is 1. The van der Waals surface area contributed by atoms with Crippen molar-refractivity contribution in [1.82, 2.24) is 4.90 Å². The molecular weight excluding hydrogens is 210 g/mol. The smallest absolute Gasteiger partial charge is 0.163 e. The van der Waals surface area contributed by atoms with Crippen molar-refractivity contribution in [2.45, 2.75) is 26.2 Å². The van der Waals surface area contributed by atoms with Crippen LogP contribution in [0.1, 0.15) is 35.2 Å². The van der Waals surface area contributed by atoms with Gasteiger partial charge in [-0.05, 0) is 45.3 Å². The first kappa shape index (κ1) is 12.3. The van der Waals surface area contributed by atoms with Crippen molar-refractivity contribution in [1.29, 1.82) is 0 Å². The van der Waals surface area contributed by atoms with Crippen LogP contribution in [0.5, 0.6) is 0 Å². The van der Waals surface area contributed by atoms with E-state index in [0.717, 1.165) is 17.7 Å². The van der Waals surface area contributed by atoms with Crippen LogP contribution in [0.2, 0.25) is 0 Å². The van der Waals surface area contributed by atoms with Crippen LogP contribution in [0.15, 0.2) is 24.3 Å². The molecule has 1 aromatic carbocycles. The molecule has 1 aliphatic heterocycles. The topological polar surface area (TPSA) is 20.3 Å². The summed E-state index contributed by atoms with van der Waals surface area (Å²) < 4.78 is 0. The molecule has 0 aliphatic carbocycles. The number of hydrogen-bond acceptors (Lipinski definition) is 2. The van der Waals surface area contributed by atoms with E-state index in [0.29, 0.717) is 18.1 Å². The molecule has 92 valence electrons. The van der Waals surface area contributed by atoms with Gasteiger partial charge in [-0.2, -0.15) is 0 Å². The Hall–Kier alpha value is -1.15. The first-order valence-corrected chi connectivity index (χ1v) is 6.43. The molecule has 0 radical (unpaired) electrons. The number of hydrogen-bond donors (Lipinski definition) is 0. The SMILES string of the molecule is Cc1cccc(C(=O)CC2CCCN(C)C2)c1. The minimum atomic E-state index is 0.300. The van der Waals surface area contributed by atoms with Crippen LogP contribution >= 0.6 is 0 Å². The molecule has 0 N–H and O–H groups in total. The van der Waals surface area contributed by atoms with Gasteiger partial charge in [-0.1, -0.05) is 23.8 Å². The molecule has 0 amide bonds. The third-order valence-electron chi connectivity index (χ3n) is 3.54. The summed E-state index contributed by atoms with van der Waals surface area (Å²) in [5, 5.41) is 0. The number of aryl methyl sites for hydroxylation is 1. The van der Waals surface area contributed by atoms with Gasteiger partial charge in [0.15, 0.2) is 5.78 Å². The maximum absolute atomic E-state index is 12.2. The quantitative estimate of drug-likeness (QED) is 0.745. The molecule has 0 aromatic heterocycles. The molecule has 1 fully saturated rings. The largest absolute Gasteiger partial charge is 0.306 e. The Bertz CT molecular complexity index is 400. The van der Waals surface area contributed by atoms with E-state index in [-0.39, 0.29) is 0 Å². The summed E-state index contributed by atoms with van der Waals surface area (Å²) in [4.78, 5) is 14.5. The molecule has 1 unspecified atom stereocenters. The van der Waals surface area contributed by atoms with E-state index in [9.17, 15) is 4.79 Å². The van der Waals surface area contributed by atoms with Crippen molar-refractivity contribution < 1.29 is 4.79 Å². The van der Waals surface area contributed by atoms with Gasteiger partial charge in [-0.3, -0.25) is 4.79 Å². The molecule has 1 aromatic rings. The summed E-state index contributed by atoms with van der Waals surface area (Å²) >= 11 is 0. The minimum absolute atomic E-state index is 0.300. The number of benzene rings is 1. The Morgan fingerprint density at radius 2 is 2.29 bits per heavy atom. The lowest BCUT2D eigenvalue weighted by Gasteiger charge is -2.29. The lowest BCUT2D eigenvalue weighted by Crippen LogP contribution is -2.33. The second-order valence-electron chi connectivity index (χ2n) is 5.27. The van der Waals surface area contributed by atoms with E-state index in [1.807, 2.05) is 31.2 Å². The summed E-state index contributed by atoms with van der Waals surface area (Å²) in [5.74, 6) is 0.843. The van der Waals surface area contributed by atoms with Crippen LogP contribution in [0.25, 0.3) is 0 Å². The van der Waals surface area contributed by atoms with Crippen molar-refractivity contribution in [3.8, 4) is 0 Å². The fraction of sp³-hybridized carbons (Fsp3) is 0.533. The second-order valence-corrected chi connectivity index (χ2v) is 5.27. The Morgan fingerprint density at radius 1 is 1.47 bits per heavy atom. The molecule has 1 aliphatic rings. The van der Waals surface area contributed by atoms with Crippen molar-refractivity contribution in [2.75, 3.05) is 20.1 Å². The van der Waals surface area contributed by atoms with Crippen molar-refractivity contribution >= 4 is 5.78 Å². The third kappa shape index (κ3) is 3.40. The highest BCUT2D eigenvalue weighted by Crippen LogP contribution is 2.20. The zero-order valence-corrected chi connectivity index (χ0v) is 10.8. The summed E-state index contributed by atoms with van der Waals surface area (Å²) in [6.45, 7) is 4.28. The van der Waals surface area contributed by atoms with Gasteiger partial charge < -0.3 is 4.90 Å². The average molecular weight is 231 g/mol. The van der Waals surface area contributed by atoms with E-state index >= 15 is 0 Å². The van der Waals surface area contributed by atoms with Gasteiger partial charge in [-0.25, -0.2) is 0 Å². The Labute approximate surface area is 104 Å². The average Bonchev–Trinajstić information content (AvgIpc) is 2.29. The lowest BCUT2D eigenvalue weighted by molar-refractivity contribution is 0.0930. The molecular formula is C15H21NO. The van der Waals surface area contributed by atoms with Gasteiger partial charge >= 0.3 is 0 Å². The maximum atomic E-state index is 12.2. The minimum Gasteiger partial charge on any atom is -0.306 e. The van der Waals surface area contributed by atoms with Crippen LogP contribution in [0.4, 0.5) is 0 Å². The monoisotopic (exact) mass is 231 g/mol. The predicted molar refractivity (Wildman–Crippen MR) is 70.3 cm³/mol. The van der Waals surface area contributed by atoms with Crippen molar-refractivity contribution in [2.24, 2.45) is 5.92 Å². The van der Waals surface area contributed by atoms with Gasteiger partial charge in [0.05, 0.1) is 0 Å². The highest BCUT2D eigenvalue weighted by Gasteiger charge is 2.20. The molecule has 1 atom stereocenters. The van der Waals surface area contributed by atoms with Crippen molar-refractivity contribution in [3.05, 3.63) is 35.4 Å². The summed E-state index contributed by atoms with van der Waals surface area (Å²) in [6, 6.07) is 7.93. The number of nitrogens with zero attached hydrogens (tertiary/aromatic N) is 1. The zero-order valence-electron chi connectivity index (χ0n) is 10.8. The summed E-state index contributed by atoms with van der Waals surface area (Å²) in [5.41, 5.74) is 2.04. The molecule has 1 saturated heterocycles. The third-order valence-corrected chi connectivity index (χ3v) is 3.54. The fourth-order valence-electron chi connectivity index (χ4n) is 2.64. The molecule has 2 nitrogen and oxygen atoms in total. The van der Waals surface area contributed by atoms with Gasteiger partial charge in [0.1, 0.15) is 0 Å². The standard InChI is InChI=1S/C15H21NO/c1-12-5-3-7-14(9-12)15(17)10-13-6-4-8-16(2)11-13/h3,5,7,9,13H,4,6,8,10-11H2,1-2H3. The number of ketones is 1. The van der Waals surface area contributed by atoms with E-state index < -0.39 is 0 Å². The molecule has 0 bridgehead atoms. The first-order chi connectivity index (χ1) is 8.15. The van der Waals surface area contributed by atoms with Crippen LogP contribution < -0.4 is 0 Å². The van der Waals surface area contributed by atoms with Crippen molar-refractivity contribution in [3.63, 3.8) is 0 Å². The Kier molecular flexibility index (Phi) is 3.95. The van der Waals surface area contributed by atoms with E-state index in [1.54, 1.807) is 0 Å². The van der Waals surface area contributed by atoms with E-state index in [4.69, 9.17) is 0 Å². The van der Waals surface area contributed by atoms with Gasteiger partial charge in [0.25, 0.3) is 0 Å². The normalized spacial score (nSPS) is 21.4. The number of carbonyl (C=O) groups is 1. The molecule has 0 spiro atoms. The highest BCUT2D eigenvalue weighted by atomic mass is 16.1. The summed E-state index contributed by atoms with van der Waals surface area (Å²) in [6.07, 6.45) is 3.12. The molecule has 2 rings (SSSR count). The molecule has 2 heteroatoms. The molecule has 0 saturated carbocycles. The summed E-state index contributed by atoms with van der Waals surface area (Å²) in [7, 11) is 2.14. The Morgan fingerprint density at radius 3 is 3.00 bits per heavy atom. The number of carbonyl (C=O) groups excluding carboxylic acids is 1. The second kappa shape index (κ2) is 5.46. The van der Waals surface area contributed by atoms with Crippen LogP contribution in [-0.2, 0) is 0 Å². The first-order valence-electron chi connectivity index (χ1n) is 6.43. The zero-order chi connectivity index (χ0) is 12.3. The van der Waals surface area contributed by atoms with Gasteiger partial charge in [0.2, 0.25) is 0 Å². The molecule has 17 heavy (non-hydrogen) atoms. The van der Waals surface area contributed by atoms with Crippen LogP contribution in [-0.4, -0.2) is 30.8 Å². The Balaban J connectivity index is 1.97. The molecule has 1 heterocycles. The maximum Gasteiger partial charge on any atom is 0.163 e. The van der Waals surface area contributed by atoms with Gasteiger partial charge in [-0.15, -0.1) is 0 Å². The van der Waals surface area contributed by atoms with Crippen LogP contribution in [0.3, 0.4) is 0 Å². The number of Topliss-reactive ketones (excluding diaryl/α,β-unsaturated/α-hetero) is 1. The van der Waals surface area contributed by atoms with E-state index in [2.05, 4.69) is 11.9 Å². The number of rotatable bonds is 3. The number of piperidine rings is 1. The van der Waals surface area contributed by atoms with Crippen LogP contribution in [0, 0.1) is 12.8 Å². The van der Waals surface area contributed by atoms with Gasteiger partial charge in [0, 0.05) is 18.5 Å². The predicted octanol–water partition coefficient (Wildman–Crippen LogP) is 2.91. The lowest BCUT2D eigenvalue weighted by atomic mass is 9.91. The highest BCUT2D eigenvalue weighted by molar-refractivity contribution is 5.96. The van der Waals surface area contributed by atoms with E-state index in [1.165, 1.54) is 19.4 Å². The fourth-order valence-corrected chi connectivity index (χ4v) is 2.64.